The zero-order valence-electron chi connectivity index (χ0n) is 14.2. The van der Waals surface area contributed by atoms with E-state index in [1.807, 2.05) is 0 Å². The van der Waals surface area contributed by atoms with Crippen molar-refractivity contribution in [2.45, 2.75) is 26.1 Å². The molecule has 138 valence electrons. The third-order valence-electron chi connectivity index (χ3n) is 3.31. The Kier molecular flexibility index (Phi) is 6.80. The minimum atomic E-state index is -0.902. The lowest BCUT2D eigenvalue weighted by atomic mass is 10.3. The van der Waals surface area contributed by atoms with E-state index in [0.29, 0.717) is 16.5 Å². The summed E-state index contributed by atoms with van der Waals surface area (Å²) in [6.45, 7) is 3.01. The van der Waals surface area contributed by atoms with Gasteiger partial charge in [0.1, 0.15) is 17.3 Å². The molecule has 2 N–H and O–H groups in total. The van der Waals surface area contributed by atoms with Crippen LogP contribution in [0.3, 0.4) is 0 Å². The summed E-state index contributed by atoms with van der Waals surface area (Å²) in [7, 11) is 0. The lowest BCUT2D eigenvalue weighted by Gasteiger charge is -2.18. The molecule has 2 aromatic rings. The minimum absolute atomic E-state index is 0.329. The molecule has 0 aliphatic heterocycles. The van der Waals surface area contributed by atoms with Crippen molar-refractivity contribution in [2.24, 2.45) is 0 Å². The Balaban J connectivity index is 1.81. The Morgan fingerprint density at radius 1 is 0.923 bits per heavy atom. The SMILES string of the molecule is C[C@@H](Oc1ccc(F)cc1)C(=O)NNC(=O)[C@@H](C)Oc1ccccc1Cl. The van der Waals surface area contributed by atoms with E-state index in [4.69, 9.17) is 21.1 Å². The van der Waals surface area contributed by atoms with Crippen molar-refractivity contribution in [3.8, 4) is 11.5 Å². The molecule has 26 heavy (non-hydrogen) atoms. The second-order valence-electron chi connectivity index (χ2n) is 5.38. The first-order chi connectivity index (χ1) is 12.4. The summed E-state index contributed by atoms with van der Waals surface area (Å²) in [6.07, 6.45) is -1.79. The zero-order valence-corrected chi connectivity index (χ0v) is 14.9. The summed E-state index contributed by atoms with van der Waals surface area (Å²) in [5.41, 5.74) is 4.50. The first-order valence-electron chi connectivity index (χ1n) is 7.80. The standard InChI is InChI=1S/C18H18ClFN2O4/c1-11(25-14-9-7-13(20)8-10-14)17(23)21-22-18(24)12(2)26-16-6-4-3-5-15(16)19/h3-12H,1-2H3,(H,21,23)(H,22,24)/t11-,12-/m1/s1. The van der Waals surface area contributed by atoms with Crippen LogP contribution >= 0.6 is 11.6 Å². The highest BCUT2D eigenvalue weighted by molar-refractivity contribution is 6.32. The fourth-order valence-corrected chi connectivity index (χ4v) is 2.06. The largest absolute Gasteiger partial charge is 0.481 e. The minimum Gasteiger partial charge on any atom is -0.481 e. The van der Waals surface area contributed by atoms with E-state index in [2.05, 4.69) is 10.9 Å². The van der Waals surface area contributed by atoms with Crippen molar-refractivity contribution >= 4 is 23.4 Å². The van der Waals surface area contributed by atoms with Gasteiger partial charge < -0.3 is 9.47 Å². The van der Waals surface area contributed by atoms with Gasteiger partial charge in [-0.2, -0.15) is 0 Å². The van der Waals surface area contributed by atoms with Crippen LogP contribution in [0.4, 0.5) is 4.39 Å². The van der Waals surface area contributed by atoms with Crippen LogP contribution in [-0.2, 0) is 9.59 Å². The van der Waals surface area contributed by atoms with Gasteiger partial charge in [0, 0.05) is 0 Å². The zero-order chi connectivity index (χ0) is 19.1. The molecular formula is C18H18ClFN2O4. The Hall–Kier alpha value is -2.80. The molecule has 0 bridgehead atoms. The first kappa shape index (κ1) is 19.5. The monoisotopic (exact) mass is 380 g/mol. The van der Waals surface area contributed by atoms with Crippen molar-refractivity contribution in [1.29, 1.82) is 0 Å². The van der Waals surface area contributed by atoms with Gasteiger partial charge in [0.2, 0.25) is 0 Å². The third kappa shape index (κ3) is 5.63. The number of hydrazine groups is 1. The maximum Gasteiger partial charge on any atom is 0.279 e. The number of hydrogen-bond donors (Lipinski definition) is 2. The van der Waals surface area contributed by atoms with Crippen molar-refractivity contribution in [1.82, 2.24) is 10.9 Å². The van der Waals surface area contributed by atoms with Crippen LogP contribution in [0, 0.1) is 5.82 Å². The van der Waals surface area contributed by atoms with E-state index in [0.717, 1.165) is 0 Å². The lowest BCUT2D eigenvalue weighted by Crippen LogP contribution is -2.50. The van der Waals surface area contributed by atoms with Crippen LogP contribution in [0.2, 0.25) is 5.02 Å². The molecule has 2 aromatic carbocycles. The van der Waals surface area contributed by atoms with Gasteiger partial charge in [-0.15, -0.1) is 0 Å². The van der Waals surface area contributed by atoms with E-state index in [1.165, 1.54) is 38.1 Å². The molecular weight excluding hydrogens is 363 g/mol. The molecule has 0 spiro atoms. The van der Waals surface area contributed by atoms with Gasteiger partial charge in [-0.25, -0.2) is 4.39 Å². The number of benzene rings is 2. The van der Waals surface area contributed by atoms with Gasteiger partial charge in [-0.05, 0) is 50.2 Å². The second-order valence-corrected chi connectivity index (χ2v) is 5.79. The number of hydrogen-bond acceptors (Lipinski definition) is 4. The molecule has 0 aromatic heterocycles. The van der Waals surface area contributed by atoms with Gasteiger partial charge in [0.15, 0.2) is 12.2 Å². The number of para-hydroxylation sites is 1. The Morgan fingerprint density at radius 3 is 2.04 bits per heavy atom. The van der Waals surface area contributed by atoms with Gasteiger partial charge >= 0.3 is 0 Å². The quantitative estimate of drug-likeness (QED) is 0.755. The molecule has 0 saturated heterocycles. The summed E-state index contributed by atoms with van der Waals surface area (Å²) in [5, 5.41) is 0.373. The van der Waals surface area contributed by atoms with Crippen molar-refractivity contribution in [3.05, 3.63) is 59.4 Å². The van der Waals surface area contributed by atoms with E-state index in [-0.39, 0.29) is 0 Å². The number of amides is 2. The number of nitrogens with one attached hydrogen (secondary N) is 2. The molecule has 8 heteroatoms. The molecule has 0 aliphatic carbocycles. The van der Waals surface area contributed by atoms with Crippen molar-refractivity contribution in [3.63, 3.8) is 0 Å². The van der Waals surface area contributed by atoms with E-state index >= 15 is 0 Å². The Labute approximate surface area is 155 Å². The molecule has 0 unspecified atom stereocenters. The molecule has 0 aliphatic rings. The number of rotatable bonds is 6. The number of halogens is 2. The van der Waals surface area contributed by atoms with E-state index < -0.39 is 29.8 Å². The van der Waals surface area contributed by atoms with Crippen molar-refractivity contribution < 1.29 is 23.5 Å². The number of ether oxygens (including phenoxy) is 2. The van der Waals surface area contributed by atoms with Crippen LogP contribution in [0.5, 0.6) is 11.5 Å². The van der Waals surface area contributed by atoms with Crippen LogP contribution in [0.15, 0.2) is 48.5 Å². The van der Waals surface area contributed by atoms with E-state index in [9.17, 15) is 14.0 Å². The van der Waals surface area contributed by atoms with Crippen LogP contribution in [0.25, 0.3) is 0 Å². The second kappa shape index (κ2) is 9.05. The highest BCUT2D eigenvalue weighted by Crippen LogP contribution is 2.24. The fraction of sp³-hybridized carbons (Fsp3) is 0.222. The normalized spacial score (nSPS) is 12.6. The molecule has 0 radical (unpaired) electrons. The molecule has 2 amide bonds. The van der Waals surface area contributed by atoms with Gasteiger partial charge in [0.25, 0.3) is 11.8 Å². The molecule has 0 saturated carbocycles. The molecule has 6 nitrogen and oxygen atoms in total. The predicted molar refractivity (Wildman–Crippen MR) is 94.3 cm³/mol. The summed E-state index contributed by atoms with van der Waals surface area (Å²) in [6, 6.07) is 12.0. The predicted octanol–water partition coefficient (Wildman–Crippen LogP) is 2.86. The molecule has 2 rings (SSSR count). The summed E-state index contributed by atoms with van der Waals surface area (Å²) in [4.78, 5) is 24.0. The van der Waals surface area contributed by atoms with Gasteiger partial charge in [-0.3, -0.25) is 20.4 Å². The first-order valence-corrected chi connectivity index (χ1v) is 8.17. The lowest BCUT2D eigenvalue weighted by molar-refractivity contribution is -0.135. The van der Waals surface area contributed by atoms with Crippen LogP contribution in [-0.4, -0.2) is 24.0 Å². The summed E-state index contributed by atoms with van der Waals surface area (Å²) >= 11 is 5.96. The van der Waals surface area contributed by atoms with Crippen LogP contribution in [0.1, 0.15) is 13.8 Å². The van der Waals surface area contributed by atoms with Crippen molar-refractivity contribution in [2.75, 3.05) is 0 Å². The third-order valence-corrected chi connectivity index (χ3v) is 3.63. The average Bonchev–Trinajstić information content (AvgIpc) is 2.63. The fourth-order valence-electron chi connectivity index (χ4n) is 1.88. The highest BCUT2D eigenvalue weighted by atomic mass is 35.5. The number of carbonyl (C=O) groups is 2. The Morgan fingerprint density at radius 2 is 1.46 bits per heavy atom. The maximum atomic E-state index is 12.8. The molecule has 0 fully saturated rings. The average molecular weight is 381 g/mol. The van der Waals surface area contributed by atoms with E-state index in [1.54, 1.807) is 24.3 Å². The van der Waals surface area contributed by atoms with Gasteiger partial charge in [0.05, 0.1) is 5.02 Å². The molecule has 2 atom stereocenters. The van der Waals surface area contributed by atoms with Crippen LogP contribution < -0.4 is 20.3 Å². The number of carbonyl (C=O) groups excluding carboxylic acids is 2. The topological polar surface area (TPSA) is 76.7 Å². The summed E-state index contributed by atoms with van der Waals surface area (Å²) < 4.78 is 23.6. The summed E-state index contributed by atoms with van der Waals surface area (Å²) in [5.74, 6) is -0.860. The highest BCUT2D eigenvalue weighted by Gasteiger charge is 2.19. The maximum absolute atomic E-state index is 12.8. The smallest absolute Gasteiger partial charge is 0.279 e. The Bertz CT molecular complexity index is 770. The molecule has 0 heterocycles. The van der Waals surface area contributed by atoms with Gasteiger partial charge in [-0.1, -0.05) is 23.7 Å².